The third kappa shape index (κ3) is 39.5. The summed E-state index contributed by atoms with van der Waals surface area (Å²) in [6.07, 6.45) is 49.6. The van der Waals surface area contributed by atoms with Crippen molar-refractivity contribution in [3.8, 4) is 0 Å². The lowest BCUT2D eigenvalue weighted by atomic mass is 9.99. The van der Waals surface area contributed by atoms with Crippen molar-refractivity contribution in [3.63, 3.8) is 0 Å². The minimum absolute atomic E-state index is 0.143. The van der Waals surface area contributed by atoms with Crippen molar-refractivity contribution in [1.82, 2.24) is 5.32 Å². The van der Waals surface area contributed by atoms with Gasteiger partial charge in [-0.25, -0.2) is 0 Å². The van der Waals surface area contributed by atoms with Gasteiger partial charge in [0.1, 0.15) is 6.10 Å². The number of hydrogen-bond acceptors (Lipinski definition) is 5. The molecule has 54 heavy (non-hydrogen) atoms. The number of aliphatic hydroxyl groups is 4. The van der Waals surface area contributed by atoms with E-state index in [2.05, 4.69) is 12.2 Å². The Kier molecular flexibility index (Phi) is 44.4. The fraction of sp³-hybridized carbons (Fsp3) is 0.979. The van der Waals surface area contributed by atoms with Crippen LogP contribution in [0.4, 0.5) is 0 Å². The lowest BCUT2D eigenvalue weighted by molar-refractivity contribution is -0.124. The minimum Gasteiger partial charge on any atom is -0.396 e. The normalized spacial score (nSPS) is 13.4. The number of unbranched alkanes of at least 4 members (excludes halogenated alkanes) is 37. The van der Waals surface area contributed by atoms with E-state index >= 15 is 0 Å². The topological polar surface area (TPSA) is 110 Å². The first kappa shape index (κ1) is 53.3. The molecule has 0 saturated heterocycles. The molecule has 6 heteroatoms. The van der Waals surface area contributed by atoms with Crippen LogP contribution in [-0.4, -0.2) is 57.8 Å². The van der Waals surface area contributed by atoms with Crippen LogP contribution in [0.5, 0.6) is 0 Å². The monoisotopic (exact) mass is 768 g/mol. The summed E-state index contributed by atoms with van der Waals surface area (Å²) in [6, 6.07) is -0.806. The summed E-state index contributed by atoms with van der Waals surface area (Å²) in [5, 5.41) is 42.3. The zero-order valence-electron chi connectivity index (χ0n) is 36.3. The molecule has 0 fully saturated rings. The number of nitrogens with one attached hydrogen (secondary N) is 1. The Labute approximate surface area is 337 Å². The van der Waals surface area contributed by atoms with Gasteiger partial charge in [0.25, 0.3) is 0 Å². The summed E-state index contributed by atoms with van der Waals surface area (Å²) < 4.78 is 0. The molecule has 0 aliphatic rings. The Bertz CT molecular complexity index is 721. The Morgan fingerprint density at radius 2 is 0.685 bits per heavy atom. The fourth-order valence-corrected chi connectivity index (χ4v) is 7.97. The van der Waals surface area contributed by atoms with Gasteiger partial charge in [0.05, 0.1) is 18.8 Å². The van der Waals surface area contributed by atoms with Crippen molar-refractivity contribution in [2.75, 3.05) is 13.2 Å². The Morgan fingerprint density at radius 3 is 0.981 bits per heavy atom. The molecule has 0 bridgehead atoms. The van der Waals surface area contributed by atoms with Gasteiger partial charge in [-0.05, 0) is 19.3 Å². The number of hydrogen-bond donors (Lipinski definition) is 5. The first-order valence-electron chi connectivity index (χ1n) is 24.4. The van der Waals surface area contributed by atoms with E-state index in [1.165, 1.54) is 205 Å². The van der Waals surface area contributed by atoms with Crippen LogP contribution in [-0.2, 0) is 4.79 Å². The highest BCUT2D eigenvalue weighted by Crippen LogP contribution is 2.18. The van der Waals surface area contributed by atoms with Crippen LogP contribution < -0.4 is 5.32 Å². The molecule has 0 heterocycles. The highest BCUT2D eigenvalue weighted by Gasteiger charge is 2.26. The second-order valence-electron chi connectivity index (χ2n) is 17.1. The van der Waals surface area contributed by atoms with Gasteiger partial charge < -0.3 is 25.7 Å². The lowest BCUT2D eigenvalue weighted by Crippen LogP contribution is -2.50. The van der Waals surface area contributed by atoms with Gasteiger partial charge >= 0.3 is 0 Å². The van der Waals surface area contributed by atoms with E-state index in [0.717, 1.165) is 44.9 Å². The predicted molar refractivity (Wildman–Crippen MR) is 233 cm³/mol. The van der Waals surface area contributed by atoms with Crippen LogP contribution in [0.2, 0.25) is 0 Å². The summed E-state index contributed by atoms with van der Waals surface area (Å²) in [7, 11) is 0. The van der Waals surface area contributed by atoms with Crippen LogP contribution in [0, 0.1) is 0 Å². The zero-order chi connectivity index (χ0) is 39.4. The predicted octanol–water partition coefficient (Wildman–Crippen LogP) is 13.2. The molecule has 0 spiro atoms. The summed E-state index contributed by atoms with van der Waals surface area (Å²) in [6.45, 7) is 2.25. The van der Waals surface area contributed by atoms with Crippen LogP contribution in [0.3, 0.4) is 0 Å². The molecule has 6 nitrogen and oxygen atoms in total. The van der Waals surface area contributed by atoms with Crippen LogP contribution in [0.25, 0.3) is 0 Å². The van der Waals surface area contributed by atoms with E-state index in [1.54, 1.807) is 0 Å². The zero-order valence-corrected chi connectivity index (χ0v) is 36.3. The molecule has 0 aromatic rings. The Hall–Kier alpha value is -0.690. The van der Waals surface area contributed by atoms with Crippen LogP contribution in [0.1, 0.15) is 270 Å². The molecule has 0 radical (unpaired) electrons. The molecule has 0 rings (SSSR count). The molecular weight excluding hydrogens is 671 g/mol. The number of carbonyl (C=O) groups excluding carboxylic acids is 1. The molecule has 1 amide bonds. The van der Waals surface area contributed by atoms with Crippen molar-refractivity contribution in [2.45, 2.75) is 288 Å². The second kappa shape index (κ2) is 45.0. The maximum absolute atomic E-state index is 12.4. The van der Waals surface area contributed by atoms with E-state index in [0.29, 0.717) is 19.4 Å². The van der Waals surface area contributed by atoms with E-state index in [1.807, 2.05) is 0 Å². The molecule has 0 aromatic carbocycles. The van der Waals surface area contributed by atoms with Gasteiger partial charge in [-0.2, -0.15) is 0 Å². The molecule has 0 aliphatic heterocycles. The van der Waals surface area contributed by atoms with E-state index < -0.39 is 18.2 Å². The Balaban J connectivity index is 3.46. The molecular formula is C48H97NO5. The first-order chi connectivity index (χ1) is 26.6. The van der Waals surface area contributed by atoms with Crippen molar-refractivity contribution in [3.05, 3.63) is 0 Å². The SMILES string of the molecule is CCCCCCCCCCCCCC[C@@H](O)[C@@H](O)[C@H](CO)NC(=O)CCCCCCCCCCCCCCCCCCCCCCCCCCCCCO. The molecule has 5 N–H and O–H groups in total. The average molecular weight is 768 g/mol. The quantitative estimate of drug-likeness (QED) is 0.0396. The highest BCUT2D eigenvalue weighted by atomic mass is 16.3. The fourth-order valence-electron chi connectivity index (χ4n) is 7.97. The first-order valence-corrected chi connectivity index (χ1v) is 24.4. The largest absolute Gasteiger partial charge is 0.396 e. The van der Waals surface area contributed by atoms with Gasteiger partial charge in [0.2, 0.25) is 5.91 Å². The average Bonchev–Trinajstić information content (AvgIpc) is 3.18. The lowest BCUT2D eigenvalue weighted by Gasteiger charge is -2.26. The summed E-state index contributed by atoms with van der Waals surface area (Å²) in [5.74, 6) is -0.143. The van der Waals surface area contributed by atoms with E-state index in [9.17, 15) is 20.1 Å². The smallest absolute Gasteiger partial charge is 0.220 e. The van der Waals surface area contributed by atoms with Gasteiger partial charge in [-0.15, -0.1) is 0 Å². The van der Waals surface area contributed by atoms with Crippen LogP contribution >= 0.6 is 0 Å². The molecule has 0 aliphatic carbocycles. The number of amides is 1. The van der Waals surface area contributed by atoms with Gasteiger partial charge in [-0.1, -0.05) is 244 Å². The van der Waals surface area contributed by atoms with Crippen molar-refractivity contribution >= 4 is 5.91 Å². The van der Waals surface area contributed by atoms with Crippen molar-refractivity contribution in [1.29, 1.82) is 0 Å². The van der Waals surface area contributed by atoms with E-state index in [4.69, 9.17) is 5.11 Å². The minimum atomic E-state index is -1.13. The van der Waals surface area contributed by atoms with Gasteiger partial charge in [0, 0.05) is 13.0 Å². The maximum Gasteiger partial charge on any atom is 0.220 e. The van der Waals surface area contributed by atoms with Crippen LogP contribution in [0.15, 0.2) is 0 Å². The second-order valence-corrected chi connectivity index (χ2v) is 17.1. The van der Waals surface area contributed by atoms with Gasteiger partial charge in [-0.3, -0.25) is 4.79 Å². The summed E-state index contributed by atoms with van der Waals surface area (Å²) in [5.41, 5.74) is 0. The number of rotatable bonds is 46. The van der Waals surface area contributed by atoms with Crippen molar-refractivity contribution < 1.29 is 25.2 Å². The van der Waals surface area contributed by atoms with E-state index in [-0.39, 0.29) is 12.5 Å². The third-order valence-corrected chi connectivity index (χ3v) is 11.8. The number of carbonyl (C=O) groups is 1. The Morgan fingerprint density at radius 1 is 0.407 bits per heavy atom. The molecule has 3 atom stereocenters. The number of aliphatic hydroxyl groups excluding tert-OH is 4. The van der Waals surface area contributed by atoms with Crippen molar-refractivity contribution in [2.24, 2.45) is 0 Å². The molecule has 324 valence electrons. The highest BCUT2D eigenvalue weighted by molar-refractivity contribution is 5.76. The maximum atomic E-state index is 12.4. The molecule has 0 saturated carbocycles. The molecule has 0 unspecified atom stereocenters. The summed E-state index contributed by atoms with van der Waals surface area (Å²) in [4.78, 5) is 12.4. The molecule has 0 aromatic heterocycles. The van der Waals surface area contributed by atoms with Gasteiger partial charge in [0.15, 0.2) is 0 Å². The standard InChI is InChI=1S/C48H97NO5/c1-2-3-4-5-6-7-8-26-29-32-35-38-41-46(52)48(54)45(44-51)49-47(53)42-39-36-33-30-27-24-22-20-18-16-14-12-10-9-11-13-15-17-19-21-23-25-28-31-34-37-40-43-50/h45-46,48,50-52,54H,2-44H2,1H3,(H,49,53)/t45-,46+,48-/m0/s1. The third-order valence-electron chi connectivity index (χ3n) is 11.8. The summed E-state index contributed by atoms with van der Waals surface area (Å²) >= 11 is 0.